The van der Waals surface area contributed by atoms with E-state index < -0.39 is 0 Å². The van der Waals surface area contributed by atoms with Gasteiger partial charge in [0.1, 0.15) is 5.76 Å². The third-order valence-corrected chi connectivity index (χ3v) is 5.09. The second-order valence-electron chi connectivity index (χ2n) is 6.79. The number of nitrogens with zero attached hydrogens (tertiary/aromatic N) is 3. The number of rotatable bonds is 5. The number of aromatic nitrogens is 1. The van der Waals surface area contributed by atoms with Crippen molar-refractivity contribution in [2.24, 2.45) is 0 Å². The van der Waals surface area contributed by atoms with Gasteiger partial charge in [-0.15, -0.1) is 0 Å². The number of aryl methyl sites for hydroxylation is 1. The Hall–Kier alpha value is -2.67. The Morgan fingerprint density at radius 2 is 2.07 bits per heavy atom. The van der Waals surface area contributed by atoms with E-state index in [1.807, 2.05) is 42.2 Å². The highest BCUT2D eigenvalue weighted by Crippen LogP contribution is 2.21. The van der Waals surface area contributed by atoms with Gasteiger partial charge in [-0.1, -0.05) is 42.4 Å². The first kappa shape index (κ1) is 19.1. The minimum absolute atomic E-state index is 0.0414. The van der Waals surface area contributed by atoms with Gasteiger partial charge in [0.25, 0.3) is 5.91 Å². The standard InChI is InChI=1S/C20H25N3O4/c1-3-16-12-22(20(26)19-17(13-24)14(2)27-21-19)10-9-18(25)23(16)11-15-7-5-4-6-8-15/h4-8,16,24H,3,9-13H2,1-2H3/t16-/m0/s1. The molecule has 7 nitrogen and oxygen atoms in total. The van der Waals surface area contributed by atoms with Crippen LogP contribution in [-0.4, -0.2) is 51.0 Å². The van der Waals surface area contributed by atoms with E-state index in [-0.39, 0.29) is 36.6 Å². The van der Waals surface area contributed by atoms with Gasteiger partial charge in [0.2, 0.25) is 5.91 Å². The zero-order chi connectivity index (χ0) is 19.4. The van der Waals surface area contributed by atoms with Gasteiger partial charge < -0.3 is 19.4 Å². The summed E-state index contributed by atoms with van der Waals surface area (Å²) in [5.41, 5.74) is 1.61. The third kappa shape index (κ3) is 4.03. The Labute approximate surface area is 158 Å². The molecule has 0 aliphatic carbocycles. The number of carbonyl (C=O) groups excluding carboxylic acids is 2. The lowest BCUT2D eigenvalue weighted by Gasteiger charge is -2.31. The van der Waals surface area contributed by atoms with Crippen LogP contribution in [0.25, 0.3) is 0 Å². The Kier molecular flexibility index (Phi) is 5.91. The number of amides is 2. The topological polar surface area (TPSA) is 86.9 Å². The minimum Gasteiger partial charge on any atom is -0.391 e. The molecule has 0 unspecified atom stereocenters. The second kappa shape index (κ2) is 8.35. The number of aliphatic hydroxyl groups is 1. The molecule has 0 radical (unpaired) electrons. The lowest BCUT2D eigenvalue weighted by Crippen LogP contribution is -2.44. The Morgan fingerprint density at radius 1 is 1.33 bits per heavy atom. The molecule has 0 saturated carbocycles. The van der Waals surface area contributed by atoms with Crippen LogP contribution >= 0.6 is 0 Å². The minimum atomic E-state index is -0.305. The molecule has 1 aromatic heterocycles. The van der Waals surface area contributed by atoms with Crippen LogP contribution in [0, 0.1) is 6.92 Å². The van der Waals surface area contributed by atoms with E-state index >= 15 is 0 Å². The average molecular weight is 371 g/mol. The molecule has 0 bridgehead atoms. The molecule has 7 heteroatoms. The molecule has 1 aromatic carbocycles. The number of benzene rings is 1. The Bertz CT molecular complexity index is 803. The predicted molar refractivity (Wildman–Crippen MR) is 98.8 cm³/mol. The van der Waals surface area contributed by atoms with E-state index in [1.54, 1.807) is 11.8 Å². The van der Waals surface area contributed by atoms with E-state index in [2.05, 4.69) is 5.16 Å². The molecule has 2 aromatic rings. The fourth-order valence-corrected chi connectivity index (χ4v) is 3.45. The molecule has 2 amide bonds. The van der Waals surface area contributed by atoms with E-state index in [4.69, 9.17) is 4.52 Å². The number of carbonyl (C=O) groups is 2. The largest absolute Gasteiger partial charge is 0.391 e. The molecule has 1 fully saturated rings. The fourth-order valence-electron chi connectivity index (χ4n) is 3.45. The first-order valence-corrected chi connectivity index (χ1v) is 9.23. The summed E-state index contributed by atoms with van der Waals surface area (Å²) < 4.78 is 5.07. The van der Waals surface area contributed by atoms with Crippen LogP contribution in [0.3, 0.4) is 0 Å². The van der Waals surface area contributed by atoms with Crippen molar-refractivity contribution in [2.45, 2.75) is 45.9 Å². The zero-order valence-corrected chi connectivity index (χ0v) is 15.7. The molecule has 1 N–H and O–H groups in total. The van der Waals surface area contributed by atoms with Crippen LogP contribution in [-0.2, 0) is 17.9 Å². The van der Waals surface area contributed by atoms with E-state index in [1.165, 1.54) is 0 Å². The van der Waals surface area contributed by atoms with Crippen molar-refractivity contribution in [3.05, 3.63) is 52.9 Å². The highest BCUT2D eigenvalue weighted by molar-refractivity contribution is 5.94. The third-order valence-electron chi connectivity index (χ3n) is 5.09. The summed E-state index contributed by atoms with van der Waals surface area (Å²) in [6.07, 6.45) is 1.01. The number of hydrogen-bond donors (Lipinski definition) is 1. The van der Waals surface area contributed by atoms with Crippen molar-refractivity contribution in [3.8, 4) is 0 Å². The van der Waals surface area contributed by atoms with E-state index in [0.29, 0.717) is 31.0 Å². The highest BCUT2D eigenvalue weighted by atomic mass is 16.5. The fraction of sp³-hybridized carbons (Fsp3) is 0.450. The molecule has 1 aliphatic heterocycles. The van der Waals surface area contributed by atoms with Gasteiger partial charge >= 0.3 is 0 Å². The van der Waals surface area contributed by atoms with Crippen LogP contribution in [0.15, 0.2) is 34.9 Å². The molecule has 3 rings (SSSR count). The Balaban J connectivity index is 1.80. The van der Waals surface area contributed by atoms with Crippen molar-refractivity contribution in [3.63, 3.8) is 0 Å². The van der Waals surface area contributed by atoms with Crippen molar-refractivity contribution >= 4 is 11.8 Å². The van der Waals surface area contributed by atoms with Crippen LogP contribution in [0.1, 0.15) is 47.1 Å². The van der Waals surface area contributed by atoms with Crippen LogP contribution in [0.5, 0.6) is 0 Å². The molecule has 2 heterocycles. The highest BCUT2D eigenvalue weighted by Gasteiger charge is 2.33. The maximum atomic E-state index is 12.9. The van der Waals surface area contributed by atoms with Gasteiger partial charge in [0.05, 0.1) is 12.2 Å². The van der Waals surface area contributed by atoms with E-state index in [9.17, 15) is 14.7 Å². The predicted octanol–water partition coefficient (Wildman–Crippen LogP) is 2.13. The van der Waals surface area contributed by atoms with Crippen LogP contribution in [0.4, 0.5) is 0 Å². The molecule has 1 aliphatic rings. The smallest absolute Gasteiger partial charge is 0.276 e. The SMILES string of the molecule is CC[C@H]1CN(C(=O)c2noc(C)c2CO)CCC(=O)N1Cc1ccccc1. The molecule has 0 spiro atoms. The maximum absolute atomic E-state index is 12.9. The number of aliphatic hydroxyl groups excluding tert-OH is 1. The normalized spacial score (nSPS) is 17.9. The molecule has 1 saturated heterocycles. The van der Waals surface area contributed by atoms with Gasteiger partial charge in [-0.3, -0.25) is 9.59 Å². The summed E-state index contributed by atoms with van der Waals surface area (Å²) in [7, 11) is 0. The van der Waals surface area contributed by atoms with Crippen LogP contribution in [0.2, 0.25) is 0 Å². The van der Waals surface area contributed by atoms with Gasteiger partial charge in [-0.25, -0.2) is 0 Å². The average Bonchev–Trinajstić information content (AvgIpc) is 2.99. The van der Waals surface area contributed by atoms with Crippen molar-refractivity contribution in [2.75, 3.05) is 13.1 Å². The van der Waals surface area contributed by atoms with Gasteiger partial charge in [-0.05, 0) is 18.9 Å². The number of hydrogen-bond acceptors (Lipinski definition) is 5. The van der Waals surface area contributed by atoms with Gasteiger partial charge in [0.15, 0.2) is 5.69 Å². The molecule has 27 heavy (non-hydrogen) atoms. The Morgan fingerprint density at radius 3 is 2.74 bits per heavy atom. The van der Waals surface area contributed by atoms with E-state index in [0.717, 1.165) is 12.0 Å². The lowest BCUT2D eigenvalue weighted by molar-refractivity contribution is -0.133. The maximum Gasteiger partial charge on any atom is 0.276 e. The van der Waals surface area contributed by atoms with Crippen LogP contribution < -0.4 is 0 Å². The summed E-state index contributed by atoms with van der Waals surface area (Å²) in [5.74, 6) is 0.174. The van der Waals surface area contributed by atoms with Crippen molar-refractivity contribution in [1.29, 1.82) is 0 Å². The quantitative estimate of drug-likeness (QED) is 0.870. The molecule has 1 atom stereocenters. The zero-order valence-electron chi connectivity index (χ0n) is 15.7. The first-order valence-electron chi connectivity index (χ1n) is 9.23. The first-order chi connectivity index (χ1) is 13.0. The second-order valence-corrected chi connectivity index (χ2v) is 6.79. The summed E-state index contributed by atoms with van der Waals surface area (Å²) in [6, 6.07) is 9.79. The summed E-state index contributed by atoms with van der Waals surface area (Å²) in [6.45, 7) is 4.67. The van der Waals surface area contributed by atoms with Crippen molar-refractivity contribution < 1.29 is 19.2 Å². The van der Waals surface area contributed by atoms with Gasteiger partial charge in [-0.2, -0.15) is 0 Å². The molecule has 144 valence electrons. The lowest BCUT2D eigenvalue weighted by atomic mass is 10.1. The van der Waals surface area contributed by atoms with Gasteiger partial charge in [0, 0.05) is 32.1 Å². The molecular weight excluding hydrogens is 346 g/mol. The monoisotopic (exact) mass is 371 g/mol. The summed E-state index contributed by atoms with van der Waals surface area (Å²) in [4.78, 5) is 29.2. The van der Waals surface area contributed by atoms with Crippen molar-refractivity contribution in [1.82, 2.24) is 15.0 Å². The summed E-state index contributed by atoms with van der Waals surface area (Å²) >= 11 is 0. The summed E-state index contributed by atoms with van der Waals surface area (Å²) in [5, 5.41) is 13.3. The molecular formula is C20H25N3O4.